The van der Waals surface area contributed by atoms with Gasteiger partial charge in [-0.25, -0.2) is 4.79 Å². The molecule has 0 bridgehead atoms. The van der Waals surface area contributed by atoms with E-state index in [9.17, 15) is 19.7 Å². The second-order valence-corrected chi connectivity index (χ2v) is 4.85. The van der Waals surface area contributed by atoms with Crippen LogP contribution in [0.4, 0.5) is 5.69 Å². The lowest BCUT2D eigenvalue weighted by molar-refractivity contribution is -0.386. The molecule has 0 aliphatic heterocycles. The first-order valence-corrected chi connectivity index (χ1v) is 7.04. The van der Waals surface area contributed by atoms with Gasteiger partial charge in [0, 0.05) is 6.54 Å². The van der Waals surface area contributed by atoms with Gasteiger partial charge in [-0.1, -0.05) is 45.4 Å². The third-order valence-electron chi connectivity index (χ3n) is 3.19. The molecule has 0 aliphatic carbocycles. The van der Waals surface area contributed by atoms with E-state index in [0.717, 1.165) is 25.5 Å². The molecule has 7 nitrogen and oxygen atoms in total. The molecule has 0 atom stereocenters. The zero-order valence-electron chi connectivity index (χ0n) is 11.8. The molecule has 112 valence electrons. The molecule has 7 heteroatoms. The number of unbranched alkanes of at least 4 members (excludes halogenated alkanes) is 6. The number of aromatic nitrogens is 2. The minimum Gasteiger partial charge on any atom is -0.294 e. The lowest BCUT2D eigenvalue weighted by atomic mass is 10.1. The first kappa shape index (κ1) is 16.1. The predicted octanol–water partition coefficient (Wildman–Crippen LogP) is 2.20. The highest BCUT2D eigenvalue weighted by Crippen LogP contribution is 2.08. The standard InChI is InChI=1S/C13H21N3O4/c1-2-3-4-5-6-7-8-9-15-10-11(16(19)20)12(17)14-13(15)18/h10H,2-9H2,1H3,(H,14,17,18). The van der Waals surface area contributed by atoms with Gasteiger partial charge in [-0.3, -0.25) is 24.5 Å². The largest absolute Gasteiger partial charge is 0.350 e. The van der Waals surface area contributed by atoms with Crippen LogP contribution in [0.15, 0.2) is 15.8 Å². The molecule has 1 N–H and O–H groups in total. The van der Waals surface area contributed by atoms with Crippen LogP contribution in [0.2, 0.25) is 0 Å². The smallest absolute Gasteiger partial charge is 0.294 e. The quantitative estimate of drug-likeness (QED) is 0.426. The zero-order chi connectivity index (χ0) is 15.0. The van der Waals surface area contributed by atoms with E-state index in [2.05, 4.69) is 6.92 Å². The molecule has 0 amide bonds. The van der Waals surface area contributed by atoms with Crippen molar-refractivity contribution in [2.24, 2.45) is 0 Å². The van der Waals surface area contributed by atoms with E-state index in [1.54, 1.807) is 0 Å². The first-order chi connectivity index (χ1) is 9.56. The van der Waals surface area contributed by atoms with Gasteiger partial charge in [-0.05, 0) is 6.42 Å². The number of hydrogen-bond donors (Lipinski definition) is 1. The van der Waals surface area contributed by atoms with Gasteiger partial charge in [0.25, 0.3) is 0 Å². The third kappa shape index (κ3) is 4.99. The summed E-state index contributed by atoms with van der Waals surface area (Å²) >= 11 is 0. The summed E-state index contributed by atoms with van der Waals surface area (Å²) in [7, 11) is 0. The van der Waals surface area contributed by atoms with Crippen molar-refractivity contribution in [3.05, 3.63) is 37.1 Å². The Bertz CT molecular complexity index is 547. The van der Waals surface area contributed by atoms with E-state index < -0.39 is 21.9 Å². The second-order valence-electron chi connectivity index (χ2n) is 4.85. The molecule has 0 saturated heterocycles. The molecule has 0 unspecified atom stereocenters. The Hall–Kier alpha value is -1.92. The SMILES string of the molecule is CCCCCCCCCn1cc([N+](=O)[O-])c(=O)[nH]c1=O. The predicted molar refractivity (Wildman–Crippen MR) is 76.0 cm³/mol. The number of rotatable bonds is 9. The molecule has 1 rings (SSSR count). The molecule has 0 saturated carbocycles. The topological polar surface area (TPSA) is 98.0 Å². The number of H-pyrrole nitrogens is 1. The van der Waals surface area contributed by atoms with Gasteiger partial charge in [-0.15, -0.1) is 0 Å². The Balaban J connectivity index is 2.48. The molecule has 0 aromatic carbocycles. The van der Waals surface area contributed by atoms with E-state index in [1.165, 1.54) is 30.3 Å². The second kappa shape index (κ2) is 8.29. The highest BCUT2D eigenvalue weighted by molar-refractivity contribution is 5.20. The number of nitrogens with one attached hydrogen (secondary N) is 1. The van der Waals surface area contributed by atoms with E-state index in [1.807, 2.05) is 4.98 Å². The maximum atomic E-state index is 11.5. The fourth-order valence-electron chi connectivity index (χ4n) is 2.03. The van der Waals surface area contributed by atoms with Gasteiger partial charge in [-0.2, -0.15) is 0 Å². The summed E-state index contributed by atoms with van der Waals surface area (Å²) in [5.74, 6) is 0. The average molecular weight is 283 g/mol. The summed E-state index contributed by atoms with van der Waals surface area (Å²) in [6.07, 6.45) is 8.72. The molecule has 1 aromatic heterocycles. The van der Waals surface area contributed by atoms with Crippen LogP contribution < -0.4 is 11.2 Å². The molecule has 0 aliphatic rings. The normalized spacial score (nSPS) is 10.7. The van der Waals surface area contributed by atoms with E-state index in [0.29, 0.717) is 6.54 Å². The number of hydrogen-bond acceptors (Lipinski definition) is 4. The van der Waals surface area contributed by atoms with Crippen molar-refractivity contribution in [1.82, 2.24) is 9.55 Å². The van der Waals surface area contributed by atoms with E-state index >= 15 is 0 Å². The monoisotopic (exact) mass is 283 g/mol. The summed E-state index contributed by atoms with van der Waals surface area (Å²) in [6, 6.07) is 0. The number of aromatic amines is 1. The van der Waals surface area contributed by atoms with E-state index in [-0.39, 0.29) is 0 Å². The van der Waals surface area contributed by atoms with Crippen molar-refractivity contribution in [2.75, 3.05) is 0 Å². The fraction of sp³-hybridized carbons (Fsp3) is 0.692. The van der Waals surface area contributed by atoms with Gasteiger partial charge >= 0.3 is 16.9 Å². The molecule has 20 heavy (non-hydrogen) atoms. The molecule has 0 spiro atoms. The lowest BCUT2D eigenvalue weighted by Crippen LogP contribution is -2.30. The van der Waals surface area contributed by atoms with Crippen LogP contribution in [0, 0.1) is 10.1 Å². The molecular weight excluding hydrogens is 262 g/mol. The number of nitrogens with zero attached hydrogens (tertiary/aromatic N) is 2. The fourth-order valence-corrected chi connectivity index (χ4v) is 2.03. The van der Waals surface area contributed by atoms with Crippen LogP contribution in [0.3, 0.4) is 0 Å². The van der Waals surface area contributed by atoms with Gasteiger partial charge in [0.1, 0.15) is 0 Å². The van der Waals surface area contributed by atoms with Gasteiger partial charge in [0.15, 0.2) is 0 Å². The van der Waals surface area contributed by atoms with Crippen LogP contribution in [0.25, 0.3) is 0 Å². The van der Waals surface area contributed by atoms with Crippen LogP contribution >= 0.6 is 0 Å². The van der Waals surface area contributed by atoms with Crippen molar-refractivity contribution >= 4 is 5.69 Å². The van der Waals surface area contributed by atoms with Crippen LogP contribution in [0.5, 0.6) is 0 Å². The molecule has 1 heterocycles. The van der Waals surface area contributed by atoms with Gasteiger partial charge < -0.3 is 0 Å². The van der Waals surface area contributed by atoms with Crippen LogP contribution in [-0.2, 0) is 6.54 Å². The first-order valence-electron chi connectivity index (χ1n) is 7.04. The Morgan fingerprint density at radius 2 is 1.75 bits per heavy atom. The van der Waals surface area contributed by atoms with Crippen molar-refractivity contribution in [3.8, 4) is 0 Å². The Morgan fingerprint density at radius 1 is 1.15 bits per heavy atom. The molecule has 0 fully saturated rings. The van der Waals surface area contributed by atoms with Crippen molar-refractivity contribution in [2.45, 2.75) is 58.4 Å². The Kier molecular flexibility index (Phi) is 6.69. The van der Waals surface area contributed by atoms with Crippen LogP contribution in [0.1, 0.15) is 51.9 Å². The van der Waals surface area contributed by atoms with Gasteiger partial charge in [0.05, 0.1) is 11.1 Å². The summed E-state index contributed by atoms with van der Waals surface area (Å²) < 4.78 is 1.20. The summed E-state index contributed by atoms with van der Waals surface area (Å²) in [6.45, 7) is 2.56. The maximum Gasteiger partial charge on any atom is 0.350 e. The number of aryl methyl sites for hydroxylation is 1. The number of nitro groups is 1. The minimum atomic E-state index is -0.948. The minimum absolute atomic E-state index is 0.393. The summed E-state index contributed by atoms with van der Waals surface area (Å²) in [5, 5.41) is 10.6. The van der Waals surface area contributed by atoms with Crippen molar-refractivity contribution in [3.63, 3.8) is 0 Å². The van der Waals surface area contributed by atoms with Crippen molar-refractivity contribution < 1.29 is 4.92 Å². The van der Waals surface area contributed by atoms with Crippen molar-refractivity contribution in [1.29, 1.82) is 0 Å². The zero-order valence-corrected chi connectivity index (χ0v) is 11.8. The average Bonchev–Trinajstić information content (AvgIpc) is 2.39. The maximum absolute atomic E-state index is 11.5. The Morgan fingerprint density at radius 3 is 2.35 bits per heavy atom. The highest BCUT2D eigenvalue weighted by Gasteiger charge is 2.14. The third-order valence-corrected chi connectivity index (χ3v) is 3.19. The Labute approximate surface area is 116 Å². The van der Waals surface area contributed by atoms with E-state index in [4.69, 9.17) is 0 Å². The van der Waals surface area contributed by atoms with Crippen LogP contribution in [-0.4, -0.2) is 14.5 Å². The highest BCUT2D eigenvalue weighted by atomic mass is 16.6. The van der Waals surface area contributed by atoms with Gasteiger partial charge in [0.2, 0.25) is 0 Å². The molecule has 0 radical (unpaired) electrons. The summed E-state index contributed by atoms with van der Waals surface area (Å²) in [4.78, 5) is 34.5. The summed E-state index contributed by atoms with van der Waals surface area (Å²) in [5.41, 5.74) is -2.13. The lowest BCUT2D eigenvalue weighted by Gasteiger charge is -2.04. The molecular formula is C13H21N3O4. The molecule has 1 aromatic rings.